The number of phenolic OH excluding ortho intramolecular Hbond substituents is 1. The third-order valence-electron chi connectivity index (χ3n) is 3.64. The first-order valence-electron chi connectivity index (χ1n) is 6.43. The van der Waals surface area contributed by atoms with Gasteiger partial charge in [-0.3, -0.25) is 0 Å². The number of hydrogen-bond donors (Lipinski definition) is 1. The van der Waals surface area contributed by atoms with Gasteiger partial charge in [-0.15, -0.1) is 0 Å². The number of aromatic hydroxyl groups is 1. The van der Waals surface area contributed by atoms with Crippen LogP contribution in [0.5, 0.6) is 5.75 Å². The van der Waals surface area contributed by atoms with Crippen molar-refractivity contribution in [3.63, 3.8) is 0 Å². The van der Waals surface area contributed by atoms with Crippen molar-refractivity contribution in [3.05, 3.63) is 65.2 Å². The lowest BCUT2D eigenvalue weighted by molar-refractivity contribution is 0.453. The van der Waals surface area contributed by atoms with Gasteiger partial charge in [0.25, 0.3) is 0 Å². The van der Waals surface area contributed by atoms with Crippen LogP contribution >= 0.6 is 0 Å². The second kappa shape index (κ2) is 4.85. The molecular formula is C17H20O. The summed E-state index contributed by atoms with van der Waals surface area (Å²) in [5.41, 5.74) is 3.28. The Balaban J connectivity index is 2.53. The molecule has 0 fully saturated rings. The van der Waals surface area contributed by atoms with E-state index >= 15 is 0 Å². The van der Waals surface area contributed by atoms with Crippen molar-refractivity contribution in [1.82, 2.24) is 0 Å². The van der Waals surface area contributed by atoms with Crippen molar-refractivity contribution in [2.24, 2.45) is 0 Å². The summed E-state index contributed by atoms with van der Waals surface area (Å²) in [6.45, 7) is 6.43. The normalized spacial score (nSPS) is 11.5. The van der Waals surface area contributed by atoms with E-state index in [0.29, 0.717) is 5.75 Å². The summed E-state index contributed by atoms with van der Waals surface area (Å²) in [5, 5.41) is 10.1. The fourth-order valence-electron chi connectivity index (χ4n) is 2.31. The van der Waals surface area contributed by atoms with Crippen molar-refractivity contribution in [2.75, 3.05) is 0 Å². The summed E-state index contributed by atoms with van der Waals surface area (Å²) in [6.07, 6.45) is 0.984. The number of rotatable bonds is 3. The zero-order chi connectivity index (χ0) is 13.2. The third kappa shape index (κ3) is 2.26. The van der Waals surface area contributed by atoms with Gasteiger partial charge in [-0.25, -0.2) is 0 Å². The molecule has 0 saturated carbocycles. The highest BCUT2D eigenvalue weighted by atomic mass is 16.3. The van der Waals surface area contributed by atoms with Gasteiger partial charge in [-0.05, 0) is 23.6 Å². The van der Waals surface area contributed by atoms with Crippen LogP contribution in [0.4, 0.5) is 0 Å². The van der Waals surface area contributed by atoms with Crippen LogP contribution in [0, 0.1) is 0 Å². The second-order valence-corrected chi connectivity index (χ2v) is 5.20. The SMILES string of the molecule is CCc1ccc(O)c(C(C)(C)c2ccccc2)c1. The molecule has 1 N–H and O–H groups in total. The van der Waals surface area contributed by atoms with Crippen LogP contribution < -0.4 is 0 Å². The fourth-order valence-corrected chi connectivity index (χ4v) is 2.31. The van der Waals surface area contributed by atoms with E-state index in [1.54, 1.807) is 6.07 Å². The van der Waals surface area contributed by atoms with E-state index in [9.17, 15) is 5.11 Å². The molecule has 0 radical (unpaired) electrons. The molecule has 2 aromatic carbocycles. The average molecular weight is 240 g/mol. The van der Waals surface area contributed by atoms with Crippen LogP contribution in [0.15, 0.2) is 48.5 Å². The van der Waals surface area contributed by atoms with E-state index < -0.39 is 0 Å². The molecule has 0 amide bonds. The lowest BCUT2D eigenvalue weighted by Crippen LogP contribution is -2.19. The van der Waals surface area contributed by atoms with Gasteiger partial charge in [0.15, 0.2) is 0 Å². The van der Waals surface area contributed by atoms with E-state index in [1.807, 2.05) is 24.3 Å². The smallest absolute Gasteiger partial charge is 0.119 e. The third-order valence-corrected chi connectivity index (χ3v) is 3.64. The molecule has 94 valence electrons. The maximum absolute atomic E-state index is 10.1. The molecule has 2 aromatic rings. The van der Waals surface area contributed by atoms with E-state index in [2.05, 4.69) is 39.0 Å². The van der Waals surface area contributed by atoms with Gasteiger partial charge < -0.3 is 5.11 Å². The second-order valence-electron chi connectivity index (χ2n) is 5.20. The molecule has 0 saturated heterocycles. The molecule has 0 aromatic heterocycles. The van der Waals surface area contributed by atoms with Crippen molar-refractivity contribution in [2.45, 2.75) is 32.6 Å². The standard InChI is InChI=1S/C17H20O/c1-4-13-10-11-16(18)15(12-13)17(2,3)14-8-6-5-7-9-14/h5-12,18H,4H2,1-3H3. The quantitative estimate of drug-likeness (QED) is 0.849. The van der Waals surface area contributed by atoms with Gasteiger partial charge in [-0.2, -0.15) is 0 Å². The highest BCUT2D eigenvalue weighted by Crippen LogP contribution is 2.37. The van der Waals surface area contributed by atoms with Gasteiger partial charge in [0.05, 0.1) is 0 Å². The molecule has 0 aliphatic carbocycles. The van der Waals surface area contributed by atoms with E-state index in [-0.39, 0.29) is 5.41 Å². The molecule has 1 nitrogen and oxygen atoms in total. The van der Waals surface area contributed by atoms with Crippen molar-refractivity contribution in [1.29, 1.82) is 0 Å². The van der Waals surface area contributed by atoms with Crippen molar-refractivity contribution >= 4 is 0 Å². The lowest BCUT2D eigenvalue weighted by atomic mass is 9.77. The molecule has 0 unspecified atom stereocenters. The Morgan fingerprint density at radius 2 is 1.67 bits per heavy atom. The minimum Gasteiger partial charge on any atom is -0.508 e. The van der Waals surface area contributed by atoms with Crippen LogP contribution in [0.1, 0.15) is 37.5 Å². The highest BCUT2D eigenvalue weighted by Gasteiger charge is 2.25. The lowest BCUT2D eigenvalue weighted by Gasteiger charge is -2.27. The summed E-state index contributed by atoms with van der Waals surface area (Å²) < 4.78 is 0. The van der Waals surface area contributed by atoms with Crippen LogP contribution in [0.2, 0.25) is 0 Å². The maximum atomic E-state index is 10.1. The van der Waals surface area contributed by atoms with Gasteiger partial charge in [-0.1, -0.05) is 63.2 Å². The Hall–Kier alpha value is -1.76. The molecule has 2 rings (SSSR count). The Bertz CT molecular complexity index is 527. The number of aryl methyl sites for hydroxylation is 1. The summed E-state index contributed by atoms with van der Waals surface area (Å²) in [7, 11) is 0. The molecule has 18 heavy (non-hydrogen) atoms. The molecule has 0 bridgehead atoms. The first-order valence-corrected chi connectivity index (χ1v) is 6.43. The number of hydrogen-bond acceptors (Lipinski definition) is 1. The summed E-state index contributed by atoms with van der Waals surface area (Å²) in [6, 6.07) is 16.2. The molecular weight excluding hydrogens is 220 g/mol. The molecule has 0 aliphatic rings. The minimum atomic E-state index is -0.184. The monoisotopic (exact) mass is 240 g/mol. The predicted molar refractivity (Wildman–Crippen MR) is 76.1 cm³/mol. The van der Waals surface area contributed by atoms with Gasteiger partial charge in [0, 0.05) is 11.0 Å². The summed E-state index contributed by atoms with van der Waals surface area (Å²) in [4.78, 5) is 0. The molecule has 0 heterocycles. The number of phenols is 1. The Kier molecular flexibility index (Phi) is 3.42. The Morgan fingerprint density at radius 3 is 2.28 bits per heavy atom. The summed E-state index contributed by atoms with van der Waals surface area (Å²) >= 11 is 0. The van der Waals surface area contributed by atoms with Crippen LogP contribution in [-0.4, -0.2) is 5.11 Å². The van der Waals surface area contributed by atoms with E-state index in [4.69, 9.17) is 0 Å². The Morgan fingerprint density at radius 1 is 1.00 bits per heavy atom. The molecule has 0 atom stereocenters. The zero-order valence-corrected chi connectivity index (χ0v) is 11.3. The van der Waals surface area contributed by atoms with E-state index in [0.717, 1.165) is 12.0 Å². The zero-order valence-electron chi connectivity index (χ0n) is 11.3. The topological polar surface area (TPSA) is 20.2 Å². The number of benzene rings is 2. The summed E-state index contributed by atoms with van der Waals surface area (Å²) in [5.74, 6) is 0.376. The van der Waals surface area contributed by atoms with Gasteiger partial charge in [0.2, 0.25) is 0 Å². The average Bonchev–Trinajstić information content (AvgIpc) is 2.40. The predicted octanol–water partition coefficient (Wildman–Crippen LogP) is 4.28. The van der Waals surface area contributed by atoms with E-state index in [1.165, 1.54) is 11.1 Å². The van der Waals surface area contributed by atoms with Gasteiger partial charge >= 0.3 is 0 Å². The highest BCUT2D eigenvalue weighted by molar-refractivity contribution is 5.47. The first kappa shape index (κ1) is 12.7. The molecule has 0 aliphatic heterocycles. The fraction of sp³-hybridized carbons (Fsp3) is 0.294. The molecule has 1 heteroatoms. The minimum absolute atomic E-state index is 0.184. The van der Waals surface area contributed by atoms with Crippen molar-refractivity contribution < 1.29 is 5.11 Å². The van der Waals surface area contributed by atoms with Gasteiger partial charge in [0.1, 0.15) is 5.75 Å². The Labute approximate surface area is 109 Å². The first-order chi connectivity index (χ1) is 8.55. The maximum Gasteiger partial charge on any atom is 0.119 e. The largest absolute Gasteiger partial charge is 0.508 e. The van der Waals surface area contributed by atoms with Crippen LogP contribution in [0.25, 0.3) is 0 Å². The van der Waals surface area contributed by atoms with Crippen molar-refractivity contribution in [3.8, 4) is 5.75 Å². The van der Waals surface area contributed by atoms with Crippen LogP contribution in [-0.2, 0) is 11.8 Å². The van der Waals surface area contributed by atoms with Crippen LogP contribution in [0.3, 0.4) is 0 Å². The molecule has 0 spiro atoms.